The van der Waals surface area contributed by atoms with E-state index >= 15 is 0 Å². The summed E-state index contributed by atoms with van der Waals surface area (Å²) in [6, 6.07) is 7.57. The van der Waals surface area contributed by atoms with Gasteiger partial charge in [0.1, 0.15) is 17.2 Å². The van der Waals surface area contributed by atoms with Crippen LogP contribution in [0.2, 0.25) is 4.34 Å². The van der Waals surface area contributed by atoms with E-state index in [1.807, 2.05) is 11.4 Å². The molecule has 0 spiro atoms. The SMILES string of the molecule is NC(c1csc(Cl)c1)c1cc2cc(F)ccc2o1. The van der Waals surface area contributed by atoms with Crippen LogP contribution in [-0.4, -0.2) is 0 Å². The molecule has 0 aliphatic heterocycles. The van der Waals surface area contributed by atoms with Crippen molar-refractivity contribution in [3.63, 3.8) is 0 Å². The van der Waals surface area contributed by atoms with Crippen molar-refractivity contribution < 1.29 is 8.81 Å². The molecule has 3 rings (SSSR count). The Hall–Kier alpha value is -1.36. The molecule has 1 unspecified atom stereocenters. The third-order valence-electron chi connectivity index (χ3n) is 2.75. The number of fused-ring (bicyclic) bond motifs is 1. The van der Waals surface area contributed by atoms with Gasteiger partial charge in [-0.3, -0.25) is 0 Å². The Morgan fingerprint density at radius 3 is 2.83 bits per heavy atom. The van der Waals surface area contributed by atoms with Gasteiger partial charge in [0.25, 0.3) is 0 Å². The molecule has 1 aromatic carbocycles. The van der Waals surface area contributed by atoms with Gasteiger partial charge >= 0.3 is 0 Å². The number of hydrogen-bond acceptors (Lipinski definition) is 3. The van der Waals surface area contributed by atoms with E-state index in [1.54, 1.807) is 12.1 Å². The Morgan fingerprint density at radius 2 is 2.11 bits per heavy atom. The van der Waals surface area contributed by atoms with Gasteiger partial charge in [-0.2, -0.15) is 0 Å². The third-order valence-corrected chi connectivity index (χ3v) is 3.86. The minimum Gasteiger partial charge on any atom is -0.459 e. The number of rotatable bonds is 2. The number of benzene rings is 1. The quantitative estimate of drug-likeness (QED) is 0.759. The van der Waals surface area contributed by atoms with Crippen molar-refractivity contribution in [1.82, 2.24) is 0 Å². The highest BCUT2D eigenvalue weighted by molar-refractivity contribution is 7.14. The molecule has 0 amide bonds. The summed E-state index contributed by atoms with van der Waals surface area (Å²) in [5, 5.41) is 2.60. The maximum Gasteiger partial charge on any atom is 0.134 e. The second-order valence-electron chi connectivity index (χ2n) is 3.99. The highest BCUT2D eigenvalue weighted by atomic mass is 35.5. The Bertz CT molecular complexity index is 706. The number of furan rings is 1. The molecule has 2 aromatic heterocycles. The molecule has 0 saturated carbocycles. The largest absolute Gasteiger partial charge is 0.459 e. The van der Waals surface area contributed by atoms with Gasteiger partial charge in [-0.1, -0.05) is 11.6 Å². The summed E-state index contributed by atoms with van der Waals surface area (Å²) in [6.07, 6.45) is 0. The molecule has 3 aromatic rings. The van der Waals surface area contributed by atoms with Crippen LogP contribution in [0.25, 0.3) is 11.0 Å². The first-order chi connectivity index (χ1) is 8.63. The number of hydrogen-bond donors (Lipinski definition) is 1. The molecule has 0 radical (unpaired) electrons. The first-order valence-corrected chi connectivity index (χ1v) is 6.58. The van der Waals surface area contributed by atoms with E-state index in [2.05, 4.69) is 0 Å². The maximum atomic E-state index is 13.1. The topological polar surface area (TPSA) is 39.2 Å². The van der Waals surface area contributed by atoms with E-state index in [1.165, 1.54) is 23.5 Å². The summed E-state index contributed by atoms with van der Waals surface area (Å²) in [5.74, 6) is 0.312. The standard InChI is InChI=1S/C13H9ClFNOS/c14-12-5-8(6-18-12)13(16)11-4-7-3-9(15)1-2-10(7)17-11/h1-6,13H,16H2. The molecular formula is C13H9ClFNOS. The molecule has 1 atom stereocenters. The van der Waals surface area contributed by atoms with Gasteiger partial charge in [0.2, 0.25) is 0 Å². The van der Waals surface area contributed by atoms with Gasteiger partial charge in [0.15, 0.2) is 0 Å². The molecule has 0 aliphatic rings. The minimum atomic E-state index is -0.385. The normalized spacial score (nSPS) is 13.1. The summed E-state index contributed by atoms with van der Waals surface area (Å²) in [7, 11) is 0. The van der Waals surface area contributed by atoms with E-state index < -0.39 is 0 Å². The average Bonchev–Trinajstić information content (AvgIpc) is 2.93. The van der Waals surface area contributed by atoms with Crippen LogP contribution in [0.5, 0.6) is 0 Å². The fourth-order valence-corrected chi connectivity index (χ4v) is 2.77. The molecular weight excluding hydrogens is 273 g/mol. The van der Waals surface area contributed by atoms with Crippen LogP contribution in [0.1, 0.15) is 17.4 Å². The highest BCUT2D eigenvalue weighted by Gasteiger charge is 2.15. The summed E-state index contributed by atoms with van der Waals surface area (Å²) in [6.45, 7) is 0. The van der Waals surface area contributed by atoms with Crippen LogP contribution in [0.4, 0.5) is 4.39 Å². The molecule has 0 bridgehead atoms. The lowest BCUT2D eigenvalue weighted by Gasteiger charge is -2.04. The van der Waals surface area contributed by atoms with E-state index in [-0.39, 0.29) is 11.9 Å². The fourth-order valence-electron chi connectivity index (χ4n) is 1.84. The molecule has 2 heterocycles. The number of thiophene rings is 1. The number of halogens is 2. The van der Waals surface area contributed by atoms with Crippen molar-refractivity contribution in [2.75, 3.05) is 0 Å². The Balaban J connectivity index is 2.03. The van der Waals surface area contributed by atoms with Crippen LogP contribution >= 0.6 is 22.9 Å². The van der Waals surface area contributed by atoms with Crippen molar-refractivity contribution >= 4 is 33.9 Å². The van der Waals surface area contributed by atoms with E-state index in [9.17, 15) is 4.39 Å². The molecule has 92 valence electrons. The average molecular weight is 282 g/mol. The molecule has 5 heteroatoms. The molecule has 2 nitrogen and oxygen atoms in total. The zero-order valence-electron chi connectivity index (χ0n) is 9.19. The zero-order valence-corrected chi connectivity index (χ0v) is 10.8. The van der Waals surface area contributed by atoms with Crippen molar-refractivity contribution in [1.29, 1.82) is 0 Å². The lowest BCUT2D eigenvalue weighted by Crippen LogP contribution is -2.09. The van der Waals surface area contributed by atoms with Gasteiger partial charge in [0, 0.05) is 5.39 Å². The molecule has 18 heavy (non-hydrogen) atoms. The van der Waals surface area contributed by atoms with Crippen LogP contribution in [0.15, 0.2) is 40.1 Å². The highest BCUT2D eigenvalue weighted by Crippen LogP contribution is 2.30. The zero-order chi connectivity index (χ0) is 12.7. The Morgan fingerprint density at radius 1 is 1.28 bits per heavy atom. The molecule has 2 N–H and O–H groups in total. The van der Waals surface area contributed by atoms with E-state index in [4.69, 9.17) is 21.8 Å². The van der Waals surface area contributed by atoms with Crippen molar-refractivity contribution in [3.8, 4) is 0 Å². The predicted octanol–water partition coefficient (Wildman–Crippen LogP) is 4.33. The van der Waals surface area contributed by atoms with Gasteiger partial charge in [-0.25, -0.2) is 4.39 Å². The van der Waals surface area contributed by atoms with Gasteiger partial charge in [0.05, 0.1) is 10.4 Å². The molecule has 0 saturated heterocycles. The molecule has 0 aliphatic carbocycles. The lowest BCUT2D eigenvalue weighted by molar-refractivity contribution is 0.525. The smallest absolute Gasteiger partial charge is 0.134 e. The summed E-state index contributed by atoms with van der Waals surface area (Å²) in [4.78, 5) is 0. The predicted molar refractivity (Wildman–Crippen MR) is 71.5 cm³/mol. The van der Waals surface area contributed by atoms with Gasteiger partial charge in [-0.15, -0.1) is 11.3 Å². The lowest BCUT2D eigenvalue weighted by atomic mass is 10.1. The second-order valence-corrected chi connectivity index (χ2v) is 5.54. The second kappa shape index (κ2) is 4.39. The maximum absolute atomic E-state index is 13.1. The van der Waals surface area contributed by atoms with Crippen LogP contribution in [0, 0.1) is 5.82 Å². The summed E-state index contributed by atoms with van der Waals surface area (Å²) in [5.41, 5.74) is 7.61. The third kappa shape index (κ3) is 2.03. The van der Waals surface area contributed by atoms with Crippen molar-refractivity contribution in [3.05, 3.63) is 57.2 Å². The van der Waals surface area contributed by atoms with E-state index in [0.29, 0.717) is 21.1 Å². The summed E-state index contributed by atoms with van der Waals surface area (Å²) < 4.78 is 19.4. The van der Waals surface area contributed by atoms with Crippen LogP contribution in [-0.2, 0) is 0 Å². The van der Waals surface area contributed by atoms with Crippen LogP contribution in [0.3, 0.4) is 0 Å². The summed E-state index contributed by atoms with van der Waals surface area (Å²) >= 11 is 7.29. The van der Waals surface area contributed by atoms with Crippen molar-refractivity contribution in [2.24, 2.45) is 5.73 Å². The Labute approximate surface area is 112 Å². The Kier molecular flexibility index (Phi) is 2.86. The van der Waals surface area contributed by atoms with E-state index in [0.717, 1.165) is 5.56 Å². The first-order valence-electron chi connectivity index (χ1n) is 5.32. The van der Waals surface area contributed by atoms with Crippen molar-refractivity contribution in [2.45, 2.75) is 6.04 Å². The molecule has 0 fully saturated rings. The van der Waals surface area contributed by atoms with Gasteiger partial charge < -0.3 is 10.2 Å². The van der Waals surface area contributed by atoms with Crippen LogP contribution < -0.4 is 5.73 Å². The number of nitrogens with two attached hydrogens (primary N) is 1. The fraction of sp³-hybridized carbons (Fsp3) is 0.0769. The monoisotopic (exact) mass is 281 g/mol. The minimum absolute atomic E-state index is 0.290. The van der Waals surface area contributed by atoms with Gasteiger partial charge in [-0.05, 0) is 41.3 Å². The first kappa shape index (κ1) is 11.7.